The molecule has 57 heavy (non-hydrogen) atoms. The van der Waals surface area contributed by atoms with Gasteiger partial charge in [-0.15, -0.1) is 6.58 Å². The Balaban J connectivity index is 1.24. The predicted octanol–water partition coefficient (Wildman–Crippen LogP) is 15.1. The molecule has 4 atom stereocenters. The number of benzene rings is 1. The highest BCUT2D eigenvalue weighted by Gasteiger charge is 2.51. The Morgan fingerprint density at radius 3 is 2.33 bits per heavy atom. The molecule has 0 heterocycles. The summed E-state index contributed by atoms with van der Waals surface area (Å²) in [6, 6.07) is 7.09. The molecule has 0 N–H and O–H groups in total. The minimum Gasteiger partial charge on any atom is -0.321 e. The maximum atomic E-state index is 4.36. The van der Waals surface area contributed by atoms with Crippen molar-refractivity contribution in [3.05, 3.63) is 179 Å². The van der Waals surface area contributed by atoms with Crippen LogP contribution in [-0.2, 0) is 6.42 Å². The van der Waals surface area contributed by atoms with E-state index in [1.165, 1.54) is 63.5 Å². The fourth-order valence-electron chi connectivity index (χ4n) is 9.95. The number of anilines is 1. The minimum absolute atomic E-state index is 0.0668. The summed E-state index contributed by atoms with van der Waals surface area (Å²) in [5.41, 5.74) is 14.0. The first-order valence-corrected chi connectivity index (χ1v) is 21.8. The molecule has 1 aromatic carbocycles. The zero-order valence-electron chi connectivity index (χ0n) is 36.3. The van der Waals surface area contributed by atoms with Crippen molar-refractivity contribution in [1.29, 1.82) is 0 Å². The van der Waals surface area contributed by atoms with Crippen molar-refractivity contribution in [2.75, 3.05) is 4.90 Å². The number of hydrogen-bond acceptors (Lipinski definition) is 2. The molecule has 2 heteroatoms. The maximum Gasteiger partial charge on any atom is 0.0458 e. The molecule has 7 rings (SSSR count). The van der Waals surface area contributed by atoms with E-state index in [2.05, 4.69) is 194 Å². The van der Waals surface area contributed by atoms with Crippen molar-refractivity contribution in [1.82, 2.24) is 4.90 Å². The molecule has 0 bridgehead atoms. The highest BCUT2D eigenvalue weighted by molar-refractivity contribution is 5.67. The molecule has 2 nitrogen and oxygen atoms in total. The molecule has 0 saturated heterocycles. The molecule has 4 unspecified atom stereocenters. The average Bonchev–Trinajstić information content (AvgIpc) is 3.41. The van der Waals surface area contributed by atoms with Crippen molar-refractivity contribution in [3.8, 4) is 0 Å². The van der Waals surface area contributed by atoms with Gasteiger partial charge in [-0.25, -0.2) is 0 Å². The van der Waals surface area contributed by atoms with Gasteiger partial charge in [0.1, 0.15) is 0 Å². The number of nitrogens with zero attached hydrogens (tertiary/aromatic N) is 2. The number of hydrogen-bond donors (Lipinski definition) is 0. The summed E-state index contributed by atoms with van der Waals surface area (Å²) in [7, 11) is 0. The lowest BCUT2D eigenvalue weighted by atomic mass is 9.70. The Labute approximate surface area is 346 Å². The van der Waals surface area contributed by atoms with Gasteiger partial charge in [0.2, 0.25) is 0 Å². The molecule has 0 spiro atoms. The molecular formula is C55H68N2. The Morgan fingerprint density at radius 2 is 1.63 bits per heavy atom. The average molecular weight is 757 g/mol. The van der Waals surface area contributed by atoms with Gasteiger partial charge in [0.25, 0.3) is 0 Å². The molecule has 6 aliphatic rings. The van der Waals surface area contributed by atoms with Gasteiger partial charge in [-0.1, -0.05) is 135 Å². The van der Waals surface area contributed by atoms with Gasteiger partial charge < -0.3 is 9.80 Å². The third-order valence-corrected chi connectivity index (χ3v) is 13.5. The smallest absolute Gasteiger partial charge is 0.0458 e. The molecule has 1 fully saturated rings. The van der Waals surface area contributed by atoms with Gasteiger partial charge in [-0.3, -0.25) is 0 Å². The Morgan fingerprint density at radius 1 is 0.912 bits per heavy atom. The second-order valence-electron chi connectivity index (χ2n) is 20.0. The summed E-state index contributed by atoms with van der Waals surface area (Å²) < 4.78 is 0. The van der Waals surface area contributed by atoms with Gasteiger partial charge in [-0.2, -0.15) is 0 Å². The normalized spacial score (nSPS) is 24.6. The number of fused-ring (bicyclic) bond motifs is 5. The van der Waals surface area contributed by atoms with E-state index in [0.29, 0.717) is 23.7 Å². The quantitative estimate of drug-likeness (QED) is 0.164. The standard InChI is InChI=1S/C55H68N2/c1-11-43(54(6,7)8)23-18-34-56(45-27-25-39-19-13-15-21-41(39)35-45)46-29-31-49-50-32-30-48(38-52(50)55(9,10)51(49)37-46)57(44(12-2)24-17-33-53(3,4)5)47-28-26-40-20-14-16-22-42(40)36-47/h11-12,15-18,21-22,24-25,27-36,40,43,51-52H,1-2,13-14,19-20,23,26,37-38H2,3-10H3. The maximum absolute atomic E-state index is 4.36. The Bertz CT molecular complexity index is 2090. The Kier molecular flexibility index (Phi) is 11.7. The third kappa shape index (κ3) is 8.67. The summed E-state index contributed by atoms with van der Waals surface area (Å²) in [5, 5.41) is 0. The van der Waals surface area contributed by atoms with Crippen LogP contribution in [0.4, 0.5) is 5.69 Å². The molecule has 1 saturated carbocycles. The van der Waals surface area contributed by atoms with Gasteiger partial charge in [-0.05, 0) is 162 Å². The van der Waals surface area contributed by atoms with E-state index in [1.807, 2.05) is 6.08 Å². The molecule has 0 amide bonds. The minimum atomic E-state index is 0.0668. The van der Waals surface area contributed by atoms with E-state index >= 15 is 0 Å². The lowest BCUT2D eigenvalue weighted by Gasteiger charge is -2.39. The summed E-state index contributed by atoms with van der Waals surface area (Å²) in [6.07, 6.45) is 48.4. The first kappa shape index (κ1) is 40.6. The molecule has 0 radical (unpaired) electrons. The van der Waals surface area contributed by atoms with Crippen LogP contribution in [0.15, 0.2) is 168 Å². The lowest BCUT2D eigenvalue weighted by molar-refractivity contribution is 0.197. The van der Waals surface area contributed by atoms with E-state index in [-0.39, 0.29) is 16.2 Å². The number of aryl methyl sites for hydroxylation is 1. The zero-order valence-corrected chi connectivity index (χ0v) is 36.3. The van der Waals surface area contributed by atoms with Crippen LogP contribution in [0.5, 0.6) is 0 Å². The van der Waals surface area contributed by atoms with Crippen molar-refractivity contribution in [3.63, 3.8) is 0 Å². The van der Waals surface area contributed by atoms with Gasteiger partial charge in [0.15, 0.2) is 0 Å². The fraction of sp³-hybridized carbons (Fsp3) is 0.418. The monoisotopic (exact) mass is 757 g/mol. The molecule has 0 aliphatic heterocycles. The third-order valence-electron chi connectivity index (χ3n) is 13.5. The van der Waals surface area contributed by atoms with E-state index in [4.69, 9.17) is 0 Å². The van der Waals surface area contributed by atoms with Crippen LogP contribution in [0.25, 0.3) is 6.08 Å². The van der Waals surface area contributed by atoms with Crippen LogP contribution in [0, 0.1) is 39.9 Å². The van der Waals surface area contributed by atoms with Crippen LogP contribution in [0.1, 0.15) is 111 Å². The molecule has 6 aliphatic carbocycles. The summed E-state index contributed by atoms with van der Waals surface area (Å²) in [4.78, 5) is 5.00. The summed E-state index contributed by atoms with van der Waals surface area (Å²) in [5.74, 6) is 1.87. The van der Waals surface area contributed by atoms with Gasteiger partial charge in [0, 0.05) is 34.7 Å². The lowest BCUT2D eigenvalue weighted by Crippen LogP contribution is -2.32. The van der Waals surface area contributed by atoms with Gasteiger partial charge >= 0.3 is 0 Å². The summed E-state index contributed by atoms with van der Waals surface area (Å²) >= 11 is 0. The van der Waals surface area contributed by atoms with E-state index in [1.54, 1.807) is 0 Å². The van der Waals surface area contributed by atoms with Crippen LogP contribution in [-0.4, -0.2) is 4.90 Å². The van der Waals surface area contributed by atoms with Crippen LogP contribution in [0.2, 0.25) is 0 Å². The SMILES string of the molecule is C=CC(=CC=CC(C)(C)C)N(C1=CCC2CCC=CC2=C1)C1=CC=C2C3=CC=C(N(C=CCC(C=C)C(C)(C)C)c4ccc5c(c4)C=CCC5)CC3C(C)(C)C2C1. The highest BCUT2D eigenvalue weighted by Crippen LogP contribution is 2.60. The largest absolute Gasteiger partial charge is 0.321 e. The fourth-order valence-corrected chi connectivity index (χ4v) is 9.95. The Hall–Kier alpha value is -4.56. The first-order chi connectivity index (χ1) is 27.2. The second-order valence-corrected chi connectivity index (χ2v) is 20.0. The summed E-state index contributed by atoms with van der Waals surface area (Å²) in [6.45, 7) is 27.3. The van der Waals surface area contributed by atoms with Crippen molar-refractivity contribution in [2.24, 2.45) is 39.9 Å². The van der Waals surface area contributed by atoms with Crippen molar-refractivity contribution >= 4 is 11.8 Å². The molecule has 0 aromatic heterocycles. The molecule has 1 aromatic rings. The van der Waals surface area contributed by atoms with Crippen molar-refractivity contribution < 1.29 is 0 Å². The topological polar surface area (TPSA) is 6.48 Å². The van der Waals surface area contributed by atoms with Crippen LogP contribution < -0.4 is 4.90 Å². The highest BCUT2D eigenvalue weighted by atomic mass is 15.2. The first-order valence-electron chi connectivity index (χ1n) is 21.8. The number of allylic oxidation sites excluding steroid dienone is 20. The molecular weight excluding hydrogens is 689 g/mol. The van der Waals surface area contributed by atoms with E-state index < -0.39 is 0 Å². The van der Waals surface area contributed by atoms with E-state index in [9.17, 15) is 0 Å². The van der Waals surface area contributed by atoms with E-state index in [0.717, 1.165) is 44.2 Å². The zero-order chi connectivity index (χ0) is 40.5. The predicted molar refractivity (Wildman–Crippen MR) is 247 cm³/mol. The second kappa shape index (κ2) is 16.4. The van der Waals surface area contributed by atoms with Crippen LogP contribution in [0.3, 0.4) is 0 Å². The van der Waals surface area contributed by atoms with Gasteiger partial charge in [0.05, 0.1) is 0 Å². The van der Waals surface area contributed by atoms with Crippen LogP contribution >= 0.6 is 0 Å². The van der Waals surface area contributed by atoms with Crippen molar-refractivity contribution in [2.45, 2.75) is 107 Å². The molecule has 298 valence electrons. The number of rotatable bonds is 11.